The number of nitrogens with zero attached hydrogens (tertiary/aromatic N) is 3. The molecule has 1 aliphatic rings. The Kier molecular flexibility index (Phi) is 3.32. The zero-order valence-electron chi connectivity index (χ0n) is 10.8. The molecule has 0 radical (unpaired) electrons. The molecule has 2 aromatic carbocycles. The van der Waals surface area contributed by atoms with Gasteiger partial charge in [-0.15, -0.1) is 0 Å². The van der Waals surface area contributed by atoms with Gasteiger partial charge in [-0.2, -0.15) is 0 Å². The Balaban J connectivity index is 2.25. The Bertz CT molecular complexity index is 878. The van der Waals surface area contributed by atoms with Gasteiger partial charge in [0.2, 0.25) is 0 Å². The number of rotatable bonds is 3. The van der Waals surface area contributed by atoms with E-state index in [4.69, 9.17) is 4.74 Å². The van der Waals surface area contributed by atoms with Crippen LogP contribution < -0.4 is 15.5 Å². The molecule has 0 fully saturated rings. The van der Waals surface area contributed by atoms with Crippen molar-refractivity contribution in [3.63, 3.8) is 0 Å². The molecule has 0 bridgehead atoms. The molecule has 0 aliphatic carbocycles. The van der Waals surface area contributed by atoms with Crippen molar-refractivity contribution >= 4 is 20.0 Å². The van der Waals surface area contributed by atoms with Crippen molar-refractivity contribution in [2.24, 2.45) is 8.02 Å². The first-order chi connectivity index (χ1) is 10.1. The molecular formula is C13H9N3O4Se. The van der Waals surface area contributed by atoms with Crippen LogP contribution in [0, 0.1) is 10.1 Å². The Labute approximate surface area is 123 Å². The Morgan fingerprint density at radius 1 is 1.10 bits per heavy atom. The van der Waals surface area contributed by atoms with Gasteiger partial charge >= 0.3 is 123 Å². The summed E-state index contributed by atoms with van der Waals surface area (Å²) in [6.07, 6.45) is 0. The molecule has 106 valence electrons. The van der Waals surface area contributed by atoms with Crippen LogP contribution in [0.1, 0.15) is 0 Å². The fourth-order valence-corrected chi connectivity index (χ4v) is 3.59. The normalized spacial score (nSPS) is 15.8. The molecule has 0 N–H and O–H groups in total. The number of hydrogen-bond acceptors (Lipinski definition) is 4. The summed E-state index contributed by atoms with van der Waals surface area (Å²) in [5.41, 5.74) is 1.30. The van der Waals surface area contributed by atoms with Crippen LogP contribution in [0.25, 0.3) is 11.1 Å². The average molecular weight is 350 g/mol. The van der Waals surface area contributed by atoms with Gasteiger partial charge in [0, 0.05) is 0 Å². The van der Waals surface area contributed by atoms with Crippen molar-refractivity contribution in [1.29, 1.82) is 0 Å². The molecule has 1 atom stereocenters. The van der Waals surface area contributed by atoms with E-state index in [1.54, 1.807) is 25.3 Å². The first kappa shape index (κ1) is 13.5. The van der Waals surface area contributed by atoms with Crippen molar-refractivity contribution in [2.45, 2.75) is 0 Å². The Morgan fingerprint density at radius 3 is 2.38 bits per heavy atom. The summed E-state index contributed by atoms with van der Waals surface area (Å²) in [5, 5.41) is 11.4. The molecule has 0 saturated carbocycles. The van der Waals surface area contributed by atoms with E-state index in [0.717, 1.165) is 5.56 Å². The zero-order valence-corrected chi connectivity index (χ0v) is 12.6. The van der Waals surface area contributed by atoms with Crippen molar-refractivity contribution in [3.05, 3.63) is 57.2 Å². The van der Waals surface area contributed by atoms with E-state index in [9.17, 15) is 13.9 Å². The fraction of sp³-hybridized carbons (Fsp3) is 0.0769. The maximum absolute atomic E-state index is 11.6. The number of methoxy groups -OCH3 is 1. The van der Waals surface area contributed by atoms with Crippen LogP contribution in [0.2, 0.25) is 0 Å². The maximum atomic E-state index is 11.6. The van der Waals surface area contributed by atoms with Crippen molar-refractivity contribution in [2.75, 3.05) is 7.11 Å². The topological polar surface area (TPSA) is 94.2 Å². The molecule has 0 amide bonds. The molecule has 0 saturated heterocycles. The van der Waals surface area contributed by atoms with Gasteiger partial charge in [-0.3, -0.25) is 0 Å². The van der Waals surface area contributed by atoms with Crippen LogP contribution >= 0.6 is 0 Å². The third kappa shape index (κ3) is 2.35. The molecule has 3 rings (SSSR count). The third-order valence-electron chi connectivity index (χ3n) is 3.07. The van der Waals surface area contributed by atoms with Gasteiger partial charge in [-0.1, -0.05) is 0 Å². The van der Waals surface area contributed by atoms with E-state index in [0.29, 0.717) is 16.7 Å². The second-order valence-electron chi connectivity index (χ2n) is 4.23. The first-order valence-electron chi connectivity index (χ1n) is 5.91. The van der Waals surface area contributed by atoms with Crippen LogP contribution in [-0.4, -0.2) is 26.3 Å². The molecule has 0 aromatic heterocycles. The molecule has 0 spiro atoms. The molecular weight excluding hydrogens is 341 g/mol. The van der Waals surface area contributed by atoms with Gasteiger partial charge in [0.25, 0.3) is 0 Å². The third-order valence-corrected chi connectivity index (χ3v) is 4.49. The molecule has 21 heavy (non-hydrogen) atoms. The minimum atomic E-state index is -2.77. The summed E-state index contributed by atoms with van der Waals surface area (Å²) in [7, 11) is 1.57. The van der Waals surface area contributed by atoms with Gasteiger partial charge in [-0.25, -0.2) is 0 Å². The van der Waals surface area contributed by atoms with Crippen molar-refractivity contribution in [1.82, 2.24) is 0 Å². The summed E-state index contributed by atoms with van der Waals surface area (Å²) < 4.78 is 24.5. The summed E-state index contributed by atoms with van der Waals surface area (Å²) in [5.74, 6) is 0.703. The quantitative estimate of drug-likeness (QED) is 0.468. The number of benzene rings is 2. The number of hydrogen-bond donors (Lipinski definition) is 0. The predicted octanol–water partition coefficient (Wildman–Crippen LogP) is 0.939. The Hall–Kier alpha value is -2.44. The summed E-state index contributed by atoms with van der Waals surface area (Å²) in [6, 6.07) is 10.1. The van der Waals surface area contributed by atoms with E-state index < -0.39 is 19.2 Å². The zero-order chi connectivity index (χ0) is 15.0. The molecule has 8 heteroatoms. The number of nitro benzene ring substituents is 1. The van der Waals surface area contributed by atoms with Gasteiger partial charge in [0.15, 0.2) is 0 Å². The van der Waals surface area contributed by atoms with E-state index in [-0.39, 0.29) is 11.0 Å². The van der Waals surface area contributed by atoms with Gasteiger partial charge < -0.3 is 0 Å². The van der Waals surface area contributed by atoms with Crippen LogP contribution in [-0.2, 0) is 3.83 Å². The summed E-state index contributed by atoms with van der Waals surface area (Å²) in [4.78, 5) is 10.5. The van der Waals surface area contributed by atoms with E-state index in [1.807, 2.05) is 12.1 Å². The second kappa shape index (κ2) is 5.16. The molecule has 1 heterocycles. The van der Waals surface area contributed by atoms with Crippen LogP contribution in [0.15, 0.2) is 44.4 Å². The fourth-order valence-electron chi connectivity index (χ4n) is 2.08. The van der Waals surface area contributed by atoms with Gasteiger partial charge in [0.1, 0.15) is 0 Å². The average Bonchev–Trinajstić information content (AvgIpc) is 2.87. The van der Waals surface area contributed by atoms with Crippen LogP contribution in [0.3, 0.4) is 0 Å². The van der Waals surface area contributed by atoms with Gasteiger partial charge in [0.05, 0.1) is 0 Å². The molecule has 1 unspecified atom stereocenters. The number of non-ortho nitro benzene ring substituents is 1. The standard InChI is InChI=1S/C13H9N3O4Se/c1-20-9-4-2-8(3-5-9)10-6-7-11(16(17)18)13-12(10)14-21(19)15-13/h2-7H,1H3. The minimum absolute atomic E-state index is 0.105. The number of ether oxygens (including phenoxy) is 1. The summed E-state index contributed by atoms with van der Waals surface area (Å²) >= 11 is -2.77. The second-order valence-corrected chi connectivity index (χ2v) is 5.96. The van der Waals surface area contributed by atoms with Crippen LogP contribution in [0.5, 0.6) is 5.75 Å². The van der Waals surface area contributed by atoms with E-state index in [2.05, 4.69) is 8.02 Å². The number of nitro groups is 1. The van der Waals surface area contributed by atoms with Gasteiger partial charge in [-0.05, 0) is 0 Å². The molecule has 1 aliphatic heterocycles. The Morgan fingerprint density at radius 2 is 1.76 bits per heavy atom. The van der Waals surface area contributed by atoms with E-state index >= 15 is 0 Å². The summed E-state index contributed by atoms with van der Waals surface area (Å²) in [6.45, 7) is 0. The van der Waals surface area contributed by atoms with Crippen molar-refractivity contribution in [3.8, 4) is 16.9 Å². The first-order valence-corrected chi connectivity index (χ1v) is 8.14. The predicted molar refractivity (Wildman–Crippen MR) is 73.8 cm³/mol. The SMILES string of the molecule is COc1ccc(-c2ccc([N+](=O)[O-])c3c2=N[Se](=O)N=3)cc1. The molecule has 2 aromatic rings. The monoisotopic (exact) mass is 351 g/mol. The molecule has 7 nitrogen and oxygen atoms in total. The van der Waals surface area contributed by atoms with E-state index in [1.165, 1.54) is 6.07 Å². The number of fused-ring (bicyclic) bond motifs is 1. The van der Waals surface area contributed by atoms with Crippen molar-refractivity contribution < 1.29 is 13.5 Å². The van der Waals surface area contributed by atoms with Crippen LogP contribution in [0.4, 0.5) is 5.69 Å².